The van der Waals surface area contributed by atoms with Crippen LogP contribution in [0.1, 0.15) is 27.6 Å². The first-order valence-electron chi connectivity index (χ1n) is 6.80. The number of aromatic hydroxyl groups is 2. The van der Waals surface area contributed by atoms with E-state index in [0.717, 1.165) is 23.4 Å². The molecule has 0 aliphatic heterocycles. The fourth-order valence-corrected chi connectivity index (χ4v) is 3.31. The van der Waals surface area contributed by atoms with Crippen LogP contribution in [0.15, 0.2) is 23.4 Å². The Labute approximate surface area is 135 Å². The normalized spacial score (nSPS) is 13.4. The fourth-order valence-electron chi connectivity index (χ4n) is 2.28. The molecule has 3 rings (SSSR count). The molecule has 0 amide bonds. The van der Waals surface area contributed by atoms with Crippen LogP contribution in [-0.4, -0.2) is 15.2 Å². The van der Waals surface area contributed by atoms with Crippen LogP contribution in [0.25, 0.3) is 17.7 Å². The second-order valence-electron chi connectivity index (χ2n) is 4.94. The van der Waals surface area contributed by atoms with Gasteiger partial charge in [-0.2, -0.15) is 5.26 Å². The number of allylic oxidation sites excluding steroid dienone is 2. The van der Waals surface area contributed by atoms with Gasteiger partial charge in [0.15, 0.2) is 17.2 Å². The van der Waals surface area contributed by atoms with Crippen molar-refractivity contribution in [1.82, 2.24) is 4.98 Å². The monoisotopic (exact) mass is 325 g/mol. The highest BCUT2D eigenvalue weighted by atomic mass is 32.1. The highest BCUT2D eigenvalue weighted by molar-refractivity contribution is 7.13. The van der Waals surface area contributed by atoms with Gasteiger partial charge >= 0.3 is 0 Å². The van der Waals surface area contributed by atoms with Crippen molar-refractivity contribution >= 4 is 34.7 Å². The van der Waals surface area contributed by atoms with Crippen LogP contribution in [-0.2, 0) is 6.42 Å². The highest BCUT2D eigenvalue weighted by Crippen LogP contribution is 2.38. The number of rotatable bonds is 3. The molecule has 23 heavy (non-hydrogen) atoms. The lowest BCUT2D eigenvalue weighted by atomic mass is 10.1. The zero-order chi connectivity index (χ0) is 16.4. The van der Waals surface area contributed by atoms with Gasteiger partial charge in [-0.1, -0.05) is 6.08 Å². The van der Waals surface area contributed by atoms with E-state index in [1.165, 1.54) is 29.5 Å². The van der Waals surface area contributed by atoms with Gasteiger partial charge in [-0.05, 0) is 47.9 Å². The molecule has 0 fully saturated rings. The molecule has 0 saturated carbocycles. The smallest absolute Gasteiger partial charge is 0.187 e. The number of thiazole rings is 1. The number of phenolic OH excluding ortho intramolecular Hbond substituents is 2. The Morgan fingerprint density at radius 1 is 1.43 bits per heavy atom. The van der Waals surface area contributed by atoms with E-state index >= 15 is 0 Å². The number of hydrogen-bond acceptors (Lipinski definition) is 7. The van der Waals surface area contributed by atoms with Crippen LogP contribution in [0.3, 0.4) is 0 Å². The van der Waals surface area contributed by atoms with Gasteiger partial charge in [-0.3, -0.25) is 0 Å². The Hall–Kier alpha value is -2.98. The van der Waals surface area contributed by atoms with Crippen LogP contribution in [0, 0.1) is 16.2 Å². The molecule has 0 unspecified atom stereocenters. The summed E-state index contributed by atoms with van der Waals surface area (Å²) in [7, 11) is 0. The average molecular weight is 325 g/mol. The lowest BCUT2D eigenvalue weighted by Gasteiger charge is -2.02. The summed E-state index contributed by atoms with van der Waals surface area (Å²) in [4.78, 5) is 16.2. The first-order chi connectivity index (χ1) is 11.1. The minimum atomic E-state index is -0.578. The van der Waals surface area contributed by atoms with Gasteiger partial charge in [0.2, 0.25) is 0 Å². The summed E-state index contributed by atoms with van der Waals surface area (Å²) in [6.07, 6.45) is 7.35. The SMILES string of the molecule is N#C/C(=C\c1cc(O)c(O)c(N=O)c1)c1nc2c(s1)CCC=C2. The molecule has 1 aliphatic carbocycles. The van der Waals surface area contributed by atoms with Crippen molar-refractivity contribution in [3.05, 3.63) is 44.3 Å². The summed E-state index contributed by atoms with van der Waals surface area (Å²) in [5.41, 5.74) is 1.30. The predicted octanol–water partition coefficient (Wildman–Crippen LogP) is 3.98. The van der Waals surface area contributed by atoms with E-state index in [4.69, 9.17) is 0 Å². The van der Waals surface area contributed by atoms with Crippen molar-refractivity contribution in [2.75, 3.05) is 0 Å². The quantitative estimate of drug-likeness (QED) is 0.504. The number of fused-ring (bicyclic) bond motifs is 1. The first kappa shape index (κ1) is 14.9. The first-order valence-corrected chi connectivity index (χ1v) is 7.61. The largest absolute Gasteiger partial charge is 0.504 e. The van der Waals surface area contributed by atoms with Gasteiger partial charge in [-0.25, -0.2) is 4.98 Å². The van der Waals surface area contributed by atoms with Crippen LogP contribution < -0.4 is 0 Å². The second-order valence-corrected chi connectivity index (χ2v) is 6.02. The predicted molar refractivity (Wildman–Crippen MR) is 88.2 cm³/mol. The van der Waals surface area contributed by atoms with E-state index in [1.807, 2.05) is 12.2 Å². The van der Waals surface area contributed by atoms with Crippen molar-refractivity contribution < 1.29 is 10.2 Å². The van der Waals surface area contributed by atoms with Gasteiger partial charge in [0, 0.05) is 4.88 Å². The molecule has 1 aromatic heterocycles. The second kappa shape index (κ2) is 6.02. The summed E-state index contributed by atoms with van der Waals surface area (Å²) in [6.45, 7) is 0. The molecule has 1 heterocycles. The molecule has 6 nitrogen and oxygen atoms in total. The number of benzene rings is 1. The number of aryl methyl sites for hydroxylation is 1. The molecule has 0 radical (unpaired) electrons. The number of nitroso groups, excluding NO2 is 1. The number of hydrogen-bond donors (Lipinski definition) is 2. The Morgan fingerprint density at radius 3 is 2.96 bits per heavy atom. The van der Waals surface area contributed by atoms with Crippen LogP contribution >= 0.6 is 11.3 Å². The Morgan fingerprint density at radius 2 is 2.26 bits per heavy atom. The molecule has 1 aliphatic rings. The van der Waals surface area contributed by atoms with E-state index in [-0.39, 0.29) is 5.69 Å². The van der Waals surface area contributed by atoms with E-state index in [2.05, 4.69) is 16.2 Å². The molecular weight excluding hydrogens is 314 g/mol. The highest BCUT2D eigenvalue weighted by Gasteiger charge is 2.15. The minimum Gasteiger partial charge on any atom is -0.504 e. The van der Waals surface area contributed by atoms with E-state index in [9.17, 15) is 20.4 Å². The lowest BCUT2D eigenvalue weighted by molar-refractivity contribution is 0.405. The summed E-state index contributed by atoms with van der Waals surface area (Å²) >= 11 is 1.45. The maximum Gasteiger partial charge on any atom is 0.187 e. The Bertz CT molecular complexity index is 891. The molecular formula is C16H11N3O3S. The molecule has 0 spiro atoms. The van der Waals surface area contributed by atoms with Crippen LogP contribution in [0.4, 0.5) is 5.69 Å². The third-order valence-corrected chi connectivity index (χ3v) is 4.56. The maximum atomic E-state index is 10.7. The summed E-state index contributed by atoms with van der Waals surface area (Å²) in [6, 6.07) is 4.64. The zero-order valence-electron chi connectivity index (χ0n) is 11.9. The Balaban J connectivity index is 2.04. The summed E-state index contributed by atoms with van der Waals surface area (Å²) in [5.74, 6) is -1.04. The van der Waals surface area contributed by atoms with Crippen molar-refractivity contribution in [3.8, 4) is 17.6 Å². The molecule has 7 heteroatoms. The van der Waals surface area contributed by atoms with Crippen LogP contribution in [0.5, 0.6) is 11.5 Å². The zero-order valence-corrected chi connectivity index (χ0v) is 12.7. The molecule has 2 aromatic rings. The number of phenols is 2. The van der Waals surface area contributed by atoms with Gasteiger partial charge in [-0.15, -0.1) is 16.2 Å². The van der Waals surface area contributed by atoms with Crippen LogP contribution in [0.2, 0.25) is 0 Å². The number of nitriles is 1. The van der Waals surface area contributed by atoms with E-state index in [1.54, 1.807) is 0 Å². The third kappa shape index (κ3) is 2.84. The van der Waals surface area contributed by atoms with Crippen molar-refractivity contribution in [1.29, 1.82) is 5.26 Å². The maximum absolute atomic E-state index is 10.7. The average Bonchev–Trinajstić information content (AvgIpc) is 2.99. The van der Waals surface area contributed by atoms with Crippen molar-refractivity contribution in [2.24, 2.45) is 5.18 Å². The van der Waals surface area contributed by atoms with Gasteiger partial charge < -0.3 is 10.2 Å². The van der Waals surface area contributed by atoms with Crippen molar-refractivity contribution in [3.63, 3.8) is 0 Å². The minimum absolute atomic E-state index is 0.282. The standard InChI is InChI=1S/C16H11N3O3S/c17-8-10(16-18-11-3-1-2-4-14(11)23-16)5-9-6-12(19-22)15(21)13(20)7-9/h1,3,5-7,20-21H,2,4H2/b10-5+. The number of aromatic nitrogens is 1. The van der Waals surface area contributed by atoms with E-state index < -0.39 is 11.5 Å². The van der Waals surface area contributed by atoms with E-state index in [0.29, 0.717) is 16.1 Å². The summed E-state index contributed by atoms with van der Waals surface area (Å²) in [5, 5.41) is 31.7. The molecule has 1 aromatic carbocycles. The fraction of sp³-hybridized carbons (Fsp3) is 0.125. The lowest BCUT2D eigenvalue weighted by Crippen LogP contribution is -1.88. The molecule has 0 bridgehead atoms. The molecule has 2 N–H and O–H groups in total. The topological polar surface area (TPSA) is 107 Å². The van der Waals surface area contributed by atoms with Gasteiger partial charge in [0.25, 0.3) is 0 Å². The third-order valence-electron chi connectivity index (χ3n) is 3.39. The molecule has 114 valence electrons. The van der Waals surface area contributed by atoms with Crippen molar-refractivity contribution in [2.45, 2.75) is 12.8 Å². The Kier molecular flexibility index (Phi) is 3.91. The number of nitrogens with zero attached hydrogens (tertiary/aromatic N) is 3. The van der Waals surface area contributed by atoms with Gasteiger partial charge in [0.1, 0.15) is 11.1 Å². The molecule has 0 saturated heterocycles. The summed E-state index contributed by atoms with van der Waals surface area (Å²) < 4.78 is 0. The van der Waals surface area contributed by atoms with Gasteiger partial charge in [0.05, 0.1) is 11.3 Å². The molecule has 0 atom stereocenters.